The van der Waals surface area contributed by atoms with Gasteiger partial charge in [0.15, 0.2) is 0 Å². The minimum atomic E-state index is 1.10. The van der Waals surface area contributed by atoms with Gasteiger partial charge in [0, 0.05) is 11.3 Å². The molecular weight excluding hydrogens is 152 g/mol. The van der Waals surface area contributed by atoms with Crippen LogP contribution in [0, 0.1) is 0 Å². The summed E-state index contributed by atoms with van der Waals surface area (Å²) in [4.78, 5) is 1.48. The van der Waals surface area contributed by atoms with Crippen molar-refractivity contribution in [1.82, 2.24) is 0 Å². The second-order valence-corrected chi connectivity index (χ2v) is 3.79. The molecule has 56 valence electrons. The summed E-state index contributed by atoms with van der Waals surface area (Å²) in [5, 5.41) is 2.16. The van der Waals surface area contributed by atoms with Crippen LogP contribution in [0.2, 0.25) is 0 Å². The molecule has 0 saturated carbocycles. The number of thiophene rings is 1. The van der Waals surface area contributed by atoms with E-state index in [9.17, 15) is 0 Å². The van der Waals surface area contributed by atoms with E-state index >= 15 is 0 Å². The topological polar surface area (TPSA) is 0 Å². The fourth-order valence-electron chi connectivity index (χ4n) is 1.29. The third kappa shape index (κ3) is 1.29. The highest BCUT2D eigenvalue weighted by atomic mass is 32.1. The average Bonchev–Trinajstić information content (AvgIpc) is 2.31. The van der Waals surface area contributed by atoms with Crippen LogP contribution in [-0.4, -0.2) is 0 Å². The number of hydrogen-bond donors (Lipinski definition) is 0. The van der Waals surface area contributed by atoms with E-state index in [0.29, 0.717) is 0 Å². The van der Waals surface area contributed by atoms with E-state index < -0.39 is 0 Å². The zero-order valence-corrected chi connectivity index (χ0v) is 7.32. The second kappa shape index (κ2) is 2.67. The molecule has 0 bridgehead atoms. The fraction of sp³-hybridized carbons (Fsp3) is 0.200. The summed E-state index contributed by atoms with van der Waals surface area (Å²) in [6.07, 6.45) is 7.76. The number of fused-ring (bicyclic) bond motifs is 1. The van der Waals surface area contributed by atoms with Gasteiger partial charge in [-0.25, -0.2) is 0 Å². The van der Waals surface area contributed by atoms with E-state index in [2.05, 4.69) is 36.6 Å². The first kappa shape index (κ1) is 6.86. The molecule has 1 aliphatic carbocycles. The van der Waals surface area contributed by atoms with Gasteiger partial charge in [-0.2, -0.15) is 0 Å². The molecule has 0 radical (unpaired) electrons. The van der Waals surface area contributed by atoms with Gasteiger partial charge in [-0.1, -0.05) is 23.8 Å². The molecule has 1 heteroatoms. The molecule has 11 heavy (non-hydrogen) atoms. The normalized spacial score (nSPS) is 15.5. The molecule has 0 saturated heterocycles. The van der Waals surface area contributed by atoms with Gasteiger partial charge >= 0.3 is 0 Å². The highest BCUT2D eigenvalue weighted by Gasteiger charge is 2.02. The maximum absolute atomic E-state index is 2.25. The van der Waals surface area contributed by atoms with Crippen LogP contribution in [0.5, 0.6) is 0 Å². The molecule has 0 amide bonds. The van der Waals surface area contributed by atoms with Crippen molar-refractivity contribution >= 4 is 17.4 Å². The maximum atomic E-state index is 2.25. The van der Waals surface area contributed by atoms with Gasteiger partial charge in [0.05, 0.1) is 0 Å². The second-order valence-electron chi connectivity index (χ2n) is 2.79. The van der Waals surface area contributed by atoms with Crippen LogP contribution in [0.4, 0.5) is 0 Å². The first-order valence-corrected chi connectivity index (χ1v) is 4.65. The van der Waals surface area contributed by atoms with Crippen LogP contribution in [0.25, 0.3) is 6.08 Å². The Morgan fingerprint density at radius 3 is 3.27 bits per heavy atom. The molecule has 0 spiro atoms. The van der Waals surface area contributed by atoms with Gasteiger partial charge in [0.25, 0.3) is 0 Å². The lowest BCUT2D eigenvalue weighted by atomic mass is 10.2. The van der Waals surface area contributed by atoms with E-state index in [1.165, 1.54) is 16.0 Å². The minimum Gasteiger partial charge on any atom is -0.148 e. The van der Waals surface area contributed by atoms with Crippen molar-refractivity contribution in [2.45, 2.75) is 13.3 Å². The standard InChI is InChI=1S/C10H10S/c1-8-3-2-4-10-9(7-8)5-6-11-10/h2-3,5-7H,4H2,1H3. The summed E-state index contributed by atoms with van der Waals surface area (Å²) < 4.78 is 0. The predicted molar refractivity (Wildman–Crippen MR) is 50.8 cm³/mol. The van der Waals surface area contributed by atoms with Gasteiger partial charge in [0.1, 0.15) is 0 Å². The van der Waals surface area contributed by atoms with Crippen molar-refractivity contribution < 1.29 is 0 Å². The zero-order valence-electron chi connectivity index (χ0n) is 6.50. The van der Waals surface area contributed by atoms with Crippen molar-refractivity contribution in [1.29, 1.82) is 0 Å². The summed E-state index contributed by atoms with van der Waals surface area (Å²) in [6, 6.07) is 2.19. The van der Waals surface area contributed by atoms with Gasteiger partial charge in [0.2, 0.25) is 0 Å². The van der Waals surface area contributed by atoms with Crippen molar-refractivity contribution in [3.63, 3.8) is 0 Å². The van der Waals surface area contributed by atoms with E-state index in [-0.39, 0.29) is 0 Å². The molecule has 1 heterocycles. The summed E-state index contributed by atoms with van der Waals surface area (Å²) >= 11 is 1.84. The minimum absolute atomic E-state index is 1.10. The molecule has 1 aromatic heterocycles. The van der Waals surface area contributed by atoms with E-state index in [1.807, 2.05) is 11.3 Å². The highest BCUT2D eigenvalue weighted by Crippen LogP contribution is 2.23. The van der Waals surface area contributed by atoms with Crippen LogP contribution < -0.4 is 0 Å². The Morgan fingerprint density at radius 1 is 1.45 bits per heavy atom. The van der Waals surface area contributed by atoms with E-state index in [0.717, 1.165) is 6.42 Å². The molecule has 0 aromatic carbocycles. The lowest BCUT2D eigenvalue weighted by Crippen LogP contribution is -1.74. The summed E-state index contributed by atoms with van der Waals surface area (Å²) in [7, 11) is 0. The molecule has 0 fully saturated rings. The molecule has 2 rings (SSSR count). The lowest BCUT2D eigenvalue weighted by Gasteiger charge is -1.90. The smallest absolute Gasteiger partial charge is 0.0155 e. The SMILES string of the molecule is CC1=Cc2ccsc2CC=C1. The van der Waals surface area contributed by atoms with E-state index in [1.54, 1.807) is 0 Å². The summed E-state index contributed by atoms with van der Waals surface area (Å²) in [5.41, 5.74) is 2.75. The molecule has 1 aliphatic rings. The average molecular weight is 162 g/mol. The van der Waals surface area contributed by atoms with Crippen molar-refractivity contribution in [2.75, 3.05) is 0 Å². The first-order valence-electron chi connectivity index (χ1n) is 3.77. The summed E-state index contributed by atoms with van der Waals surface area (Å²) in [5.74, 6) is 0. The van der Waals surface area contributed by atoms with Gasteiger partial charge < -0.3 is 0 Å². The highest BCUT2D eigenvalue weighted by molar-refractivity contribution is 7.10. The third-order valence-corrected chi connectivity index (χ3v) is 2.81. The number of hydrogen-bond acceptors (Lipinski definition) is 1. The van der Waals surface area contributed by atoms with E-state index in [4.69, 9.17) is 0 Å². The Bertz CT molecular complexity index is 315. The third-order valence-electron chi connectivity index (χ3n) is 1.85. The largest absolute Gasteiger partial charge is 0.148 e. The maximum Gasteiger partial charge on any atom is 0.0155 e. The molecule has 1 aromatic rings. The Labute approximate surface area is 70.9 Å². The molecule has 0 atom stereocenters. The Kier molecular flexibility index (Phi) is 1.66. The number of rotatable bonds is 0. The Morgan fingerprint density at radius 2 is 2.36 bits per heavy atom. The monoisotopic (exact) mass is 162 g/mol. The molecule has 0 nitrogen and oxygen atoms in total. The van der Waals surface area contributed by atoms with Crippen LogP contribution >= 0.6 is 11.3 Å². The van der Waals surface area contributed by atoms with Crippen LogP contribution in [0.15, 0.2) is 29.2 Å². The van der Waals surface area contributed by atoms with Crippen LogP contribution in [0.3, 0.4) is 0 Å². The Hall–Kier alpha value is -0.820. The predicted octanol–water partition coefficient (Wildman–Crippen LogP) is 3.26. The van der Waals surface area contributed by atoms with Crippen molar-refractivity contribution in [2.24, 2.45) is 0 Å². The molecular formula is C10H10S. The van der Waals surface area contributed by atoms with Crippen molar-refractivity contribution in [3.8, 4) is 0 Å². The quantitative estimate of drug-likeness (QED) is 0.549. The summed E-state index contributed by atoms with van der Waals surface area (Å²) in [6.45, 7) is 2.14. The fourth-order valence-corrected chi connectivity index (χ4v) is 2.12. The zero-order chi connectivity index (χ0) is 7.68. The molecule has 0 aliphatic heterocycles. The van der Waals surface area contributed by atoms with Gasteiger partial charge in [-0.3, -0.25) is 0 Å². The first-order chi connectivity index (χ1) is 5.36. The van der Waals surface area contributed by atoms with Crippen LogP contribution in [-0.2, 0) is 6.42 Å². The number of allylic oxidation sites excluding steroid dienone is 3. The van der Waals surface area contributed by atoms with Crippen molar-refractivity contribution in [3.05, 3.63) is 39.6 Å². The molecule has 0 N–H and O–H groups in total. The lowest BCUT2D eigenvalue weighted by molar-refractivity contribution is 1.34. The van der Waals surface area contributed by atoms with Crippen LogP contribution in [0.1, 0.15) is 17.4 Å². The van der Waals surface area contributed by atoms with Gasteiger partial charge in [-0.15, -0.1) is 11.3 Å². The van der Waals surface area contributed by atoms with Gasteiger partial charge in [-0.05, 0) is 23.9 Å². The molecule has 0 unspecified atom stereocenters. The Balaban J connectivity index is 2.52.